The summed E-state index contributed by atoms with van der Waals surface area (Å²) in [5, 5.41) is 3.95. The molecule has 0 aliphatic heterocycles. The van der Waals surface area contributed by atoms with Gasteiger partial charge in [-0.25, -0.2) is 4.98 Å². The summed E-state index contributed by atoms with van der Waals surface area (Å²) in [5.74, 6) is 0.690. The van der Waals surface area contributed by atoms with Crippen molar-refractivity contribution in [3.63, 3.8) is 0 Å². The number of aryl methyl sites for hydroxylation is 1. The fourth-order valence-corrected chi connectivity index (χ4v) is 2.82. The number of hydrogen-bond acceptors (Lipinski definition) is 3. The second kappa shape index (κ2) is 6.24. The highest BCUT2D eigenvalue weighted by Gasteiger charge is 2.09. The van der Waals surface area contributed by atoms with Crippen molar-refractivity contribution in [1.29, 1.82) is 0 Å². The van der Waals surface area contributed by atoms with E-state index in [1.165, 1.54) is 0 Å². The van der Waals surface area contributed by atoms with Crippen LogP contribution in [0.4, 0.5) is 0 Å². The summed E-state index contributed by atoms with van der Waals surface area (Å²) < 4.78 is 1.88. The lowest BCUT2D eigenvalue weighted by Crippen LogP contribution is -2.24. The van der Waals surface area contributed by atoms with Crippen LogP contribution in [-0.4, -0.2) is 25.4 Å². The summed E-state index contributed by atoms with van der Waals surface area (Å²) >= 11 is 0. The zero-order valence-corrected chi connectivity index (χ0v) is 13.7. The number of nitrogens with one attached hydrogen (secondary N) is 2. The number of amides is 1. The van der Waals surface area contributed by atoms with Crippen LogP contribution in [0.1, 0.15) is 16.2 Å². The molecule has 1 aromatic carbocycles. The second-order valence-corrected chi connectivity index (χ2v) is 5.81. The van der Waals surface area contributed by atoms with Crippen LogP contribution < -0.4 is 5.32 Å². The van der Waals surface area contributed by atoms with E-state index < -0.39 is 0 Å². The van der Waals surface area contributed by atoms with Gasteiger partial charge in [-0.2, -0.15) is 0 Å². The summed E-state index contributed by atoms with van der Waals surface area (Å²) in [6.45, 7) is 0.397. The van der Waals surface area contributed by atoms with Crippen molar-refractivity contribution in [2.75, 3.05) is 0 Å². The molecule has 0 saturated carbocycles. The molecular formula is C19H17N5O. The maximum Gasteiger partial charge on any atom is 0.251 e. The number of pyridine rings is 1. The fraction of sp³-hybridized carbons (Fsp3) is 0.105. The predicted molar refractivity (Wildman–Crippen MR) is 95.9 cm³/mol. The lowest BCUT2D eigenvalue weighted by atomic mass is 10.1. The van der Waals surface area contributed by atoms with Gasteiger partial charge in [0.1, 0.15) is 5.82 Å². The minimum Gasteiger partial charge on any atom is -0.361 e. The van der Waals surface area contributed by atoms with Gasteiger partial charge in [0.2, 0.25) is 0 Å². The number of fused-ring (bicyclic) bond motifs is 1. The molecule has 0 bridgehead atoms. The summed E-state index contributed by atoms with van der Waals surface area (Å²) in [7, 11) is 1.90. The first-order chi connectivity index (χ1) is 12.2. The van der Waals surface area contributed by atoms with Crippen molar-refractivity contribution in [2.45, 2.75) is 6.54 Å². The number of aromatic amines is 1. The monoisotopic (exact) mass is 331 g/mol. The van der Waals surface area contributed by atoms with Gasteiger partial charge in [-0.15, -0.1) is 0 Å². The standard InChI is InChI=1S/C19H17N5O/c1-24-11-10-21-17(24)12-23-19(25)14-4-2-13(3-5-14)18-15-6-8-20-16(15)7-9-22-18/h2-11,20H,12H2,1H3,(H,23,25). The van der Waals surface area contributed by atoms with Crippen LogP contribution in [0, 0.1) is 0 Å². The highest BCUT2D eigenvalue weighted by molar-refractivity contribution is 5.96. The highest BCUT2D eigenvalue weighted by atomic mass is 16.1. The Morgan fingerprint density at radius 2 is 1.96 bits per heavy atom. The quantitative estimate of drug-likeness (QED) is 0.604. The molecule has 0 aliphatic rings. The number of hydrogen-bond donors (Lipinski definition) is 2. The van der Waals surface area contributed by atoms with Crippen molar-refractivity contribution in [3.8, 4) is 11.3 Å². The van der Waals surface area contributed by atoms with Crippen LogP contribution >= 0.6 is 0 Å². The van der Waals surface area contributed by atoms with Crippen LogP contribution in [0.5, 0.6) is 0 Å². The zero-order valence-electron chi connectivity index (χ0n) is 13.7. The number of aromatic nitrogens is 4. The molecule has 6 nitrogen and oxygen atoms in total. The van der Waals surface area contributed by atoms with E-state index in [-0.39, 0.29) is 5.91 Å². The molecule has 0 aliphatic carbocycles. The van der Waals surface area contributed by atoms with Crippen LogP contribution in [0.3, 0.4) is 0 Å². The van der Waals surface area contributed by atoms with E-state index in [9.17, 15) is 4.79 Å². The van der Waals surface area contributed by atoms with Crippen LogP contribution in [-0.2, 0) is 13.6 Å². The van der Waals surface area contributed by atoms with Gasteiger partial charge in [0, 0.05) is 53.9 Å². The van der Waals surface area contributed by atoms with Crippen LogP contribution in [0.25, 0.3) is 22.2 Å². The average molecular weight is 331 g/mol. The fourth-order valence-electron chi connectivity index (χ4n) is 2.82. The van der Waals surface area contributed by atoms with Crippen LogP contribution in [0.15, 0.2) is 61.2 Å². The van der Waals surface area contributed by atoms with Gasteiger partial charge in [-0.05, 0) is 24.3 Å². The smallest absolute Gasteiger partial charge is 0.251 e. The predicted octanol–water partition coefficient (Wildman–Crippen LogP) is 2.89. The first kappa shape index (κ1) is 15.1. The molecule has 6 heteroatoms. The molecule has 0 radical (unpaired) electrons. The topological polar surface area (TPSA) is 75.6 Å². The number of imidazole rings is 1. The lowest BCUT2D eigenvalue weighted by molar-refractivity contribution is 0.0949. The van der Waals surface area contributed by atoms with Crippen molar-refractivity contribution < 1.29 is 4.79 Å². The number of H-pyrrole nitrogens is 1. The minimum absolute atomic E-state index is 0.123. The Bertz CT molecular complexity index is 1030. The lowest BCUT2D eigenvalue weighted by Gasteiger charge is -2.07. The van der Waals surface area contributed by atoms with Gasteiger partial charge in [0.15, 0.2) is 0 Å². The number of carbonyl (C=O) groups is 1. The Kier molecular flexibility index (Phi) is 3.78. The maximum atomic E-state index is 12.3. The Hall–Kier alpha value is -3.41. The number of nitrogens with zero attached hydrogens (tertiary/aromatic N) is 3. The summed E-state index contributed by atoms with van der Waals surface area (Å²) in [6, 6.07) is 11.4. The van der Waals surface area contributed by atoms with Gasteiger partial charge in [0.05, 0.1) is 12.2 Å². The summed E-state index contributed by atoms with van der Waals surface area (Å²) in [4.78, 5) is 24.2. The minimum atomic E-state index is -0.123. The Morgan fingerprint density at radius 1 is 1.12 bits per heavy atom. The molecule has 1 amide bonds. The number of carbonyl (C=O) groups excluding carboxylic acids is 1. The van der Waals surface area contributed by atoms with Gasteiger partial charge in [-0.1, -0.05) is 12.1 Å². The molecule has 4 rings (SSSR count). The second-order valence-electron chi connectivity index (χ2n) is 5.81. The first-order valence-corrected chi connectivity index (χ1v) is 7.99. The summed E-state index contributed by atoms with van der Waals surface area (Å²) in [6.07, 6.45) is 7.24. The number of benzene rings is 1. The molecule has 3 heterocycles. The van der Waals surface area contributed by atoms with E-state index >= 15 is 0 Å². The molecule has 0 atom stereocenters. The first-order valence-electron chi connectivity index (χ1n) is 7.99. The number of rotatable bonds is 4. The van der Waals surface area contributed by atoms with Crippen molar-refractivity contribution in [3.05, 3.63) is 72.6 Å². The third kappa shape index (κ3) is 2.89. The molecular weight excluding hydrogens is 314 g/mol. The highest BCUT2D eigenvalue weighted by Crippen LogP contribution is 2.25. The van der Waals surface area contributed by atoms with E-state index in [1.54, 1.807) is 12.4 Å². The molecule has 0 saturated heterocycles. The Labute approximate surface area is 144 Å². The van der Waals surface area contributed by atoms with Gasteiger partial charge < -0.3 is 14.9 Å². The summed E-state index contributed by atoms with van der Waals surface area (Å²) in [5.41, 5.74) is 3.53. The SMILES string of the molecule is Cn1ccnc1CNC(=O)c1ccc(-c2nccc3[nH]ccc23)cc1. The third-order valence-electron chi connectivity index (χ3n) is 4.23. The molecule has 25 heavy (non-hydrogen) atoms. The zero-order chi connectivity index (χ0) is 17.2. The Balaban J connectivity index is 1.53. The molecule has 0 spiro atoms. The molecule has 3 aromatic heterocycles. The van der Waals surface area contributed by atoms with E-state index in [2.05, 4.69) is 20.3 Å². The van der Waals surface area contributed by atoms with Crippen LogP contribution in [0.2, 0.25) is 0 Å². The van der Waals surface area contributed by atoms with Gasteiger partial charge >= 0.3 is 0 Å². The average Bonchev–Trinajstić information content (AvgIpc) is 3.28. The normalized spacial score (nSPS) is 10.9. The molecule has 4 aromatic rings. The van der Waals surface area contributed by atoms with Gasteiger partial charge in [0.25, 0.3) is 5.91 Å². The van der Waals surface area contributed by atoms with Gasteiger partial charge in [-0.3, -0.25) is 9.78 Å². The van der Waals surface area contributed by atoms with E-state index in [4.69, 9.17) is 0 Å². The largest absolute Gasteiger partial charge is 0.361 e. The molecule has 2 N–H and O–H groups in total. The van der Waals surface area contributed by atoms with Crippen molar-refractivity contribution >= 4 is 16.8 Å². The van der Waals surface area contributed by atoms with E-state index in [0.29, 0.717) is 12.1 Å². The van der Waals surface area contributed by atoms with E-state index in [0.717, 1.165) is 28.0 Å². The maximum absolute atomic E-state index is 12.3. The third-order valence-corrected chi connectivity index (χ3v) is 4.23. The van der Waals surface area contributed by atoms with Crippen molar-refractivity contribution in [2.24, 2.45) is 7.05 Å². The van der Waals surface area contributed by atoms with Crippen molar-refractivity contribution in [1.82, 2.24) is 24.8 Å². The molecule has 124 valence electrons. The Morgan fingerprint density at radius 3 is 2.72 bits per heavy atom. The molecule has 0 unspecified atom stereocenters. The molecule has 0 fully saturated rings. The van der Waals surface area contributed by atoms with E-state index in [1.807, 2.05) is 60.4 Å².